The van der Waals surface area contributed by atoms with E-state index < -0.39 is 0 Å². The van der Waals surface area contributed by atoms with Gasteiger partial charge in [0.15, 0.2) is 0 Å². The number of hydrogen-bond acceptors (Lipinski definition) is 2. The van der Waals surface area contributed by atoms with Gasteiger partial charge >= 0.3 is 0 Å². The summed E-state index contributed by atoms with van der Waals surface area (Å²) in [5.74, 6) is 0. The number of hydrogen-bond donors (Lipinski definition) is 1. The maximum atomic E-state index is 4.12. The van der Waals surface area contributed by atoms with Crippen molar-refractivity contribution in [3.8, 4) is 0 Å². The van der Waals surface area contributed by atoms with Crippen LogP contribution in [0.2, 0.25) is 0 Å². The lowest BCUT2D eigenvalue weighted by Crippen LogP contribution is -2.28. The Morgan fingerprint density at radius 2 is 2.21 bits per heavy atom. The van der Waals surface area contributed by atoms with Crippen molar-refractivity contribution >= 4 is 0 Å². The number of rotatable bonds is 5. The highest BCUT2D eigenvalue weighted by Gasteiger charge is 2.07. The molecule has 0 saturated carbocycles. The predicted molar refractivity (Wildman–Crippen MR) is 60.2 cm³/mol. The minimum atomic E-state index is 0.394. The van der Waals surface area contributed by atoms with Gasteiger partial charge < -0.3 is 5.32 Å². The van der Waals surface area contributed by atoms with Gasteiger partial charge in [0.2, 0.25) is 0 Å². The Morgan fingerprint density at radius 1 is 1.43 bits per heavy atom. The van der Waals surface area contributed by atoms with E-state index in [4.69, 9.17) is 0 Å². The quantitative estimate of drug-likeness (QED) is 0.776. The molecule has 1 aromatic rings. The molecule has 78 valence electrons. The summed E-state index contributed by atoms with van der Waals surface area (Å²) in [6.45, 7) is 6.63. The fraction of sp³-hybridized carbons (Fsp3) is 0.583. The molecule has 0 spiro atoms. The van der Waals surface area contributed by atoms with Crippen LogP contribution in [0.1, 0.15) is 45.2 Å². The average molecular weight is 192 g/mol. The van der Waals surface area contributed by atoms with E-state index in [-0.39, 0.29) is 0 Å². The van der Waals surface area contributed by atoms with E-state index in [1.165, 1.54) is 18.4 Å². The first-order valence-corrected chi connectivity index (χ1v) is 5.40. The molecule has 14 heavy (non-hydrogen) atoms. The standard InChI is InChI=1S/C12H20N2/c1-4-6-10(2)14-11(3)12-7-5-8-13-9-12/h5,7-11,14H,4,6H2,1-3H3. The molecule has 2 unspecified atom stereocenters. The van der Waals surface area contributed by atoms with Crippen LogP contribution in [0.3, 0.4) is 0 Å². The van der Waals surface area contributed by atoms with Crippen LogP contribution in [-0.2, 0) is 0 Å². The average Bonchev–Trinajstić information content (AvgIpc) is 2.19. The summed E-state index contributed by atoms with van der Waals surface area (Å²) in [5.41, 5.74) is 1.26. The van der Waals surface area contributed by atoms with Crippen LogP contribution in [-0.4, -0.2) is 11.0 Å². The van der Waals surface area contributed by atoms with Crippen molar-refractivity contribution in [1.82, 2.24) is 10.3 Å². The van der Waals surface area contributed by atoms with E-state index >= 15 is 0 Å². The van der Waals surface area contributed by atoms with E-state index in [0.717, 1.165) is 0 Å². The van der Waals surface area contributed by atoms with Crippen LogP contribution in [0, 0.1) is 0 Å². The Kier molecular flexibility index (Phi) is 4.60. The van der Waals surface area contributed by atoms with Gasteiger partial charge in [-0.05, 0) is 31.9 Å². The fourth-order valence-corrected chi connectivity index (χ4v) is 1.67. The number of nitrogens with one attached hydrogen (secondary N) is 1. The molecule has 2 heteroatoms. The largest absolute Gasteiger partial charge is 0.308 e. The third-order valence-electron chi connectivity index (χ3n) is 2.44. The van der Waals surface area contributed by atoms with Crippen LogP contribution < -0.4 is 5.32 Å². The first-order valence-electron chi connectivity index (χ1n) is 5.40. The van der Waals surface area contributed by atoms with Gasteiger partial charge in [-0.1, -0.05) is 19.4 Å². The maximum absolute atomic E-state index is 4.12. The Labute approximate surface area is 86.8 Å². The lowest BCUT2D eigenvalue weighted by molar-refractivity contribution is 0.452. The molecule has 0 fully saturated rings. The highest BCUT2D eigenvalue weighted by molar-refractivity contribution is 5.12. The lowest BCUT2D eigenvalue weighted by Gasteiger charge is -2.19. The summed E-state index contributed by atoms with van der Waals surface area (Å²) in [5, 5.41) is 3.56. The number of nitrogens with zero attached hydrogens (tertiary/aromatic N) is 1. The van der Waals surface area contributed by atoms with Crippen LogP contribution >= 0.6 is 0 Å². The molecule has 0 radical (unpaired) electrons. The Morgan fingerprint density at radius 3 is 2.79 bits per heavy atom. The first kappa shape index (κ1) is 11.2. The molecular formula is C12H20N2. The fourth-order valence-electron chi connectivity index (χ4n) is 1.67. The number of pyridine rings is 1. The van der Waals surface area contributed by atoms with Crippen molar-refractivity contribution in [2.45, 2.75) is 45.7 Å². The van der Waals surface area contributed by atoms with Crippen molar-refractivity contribution in [2.75, 3.05) is 0 Å². The molecule has 2 atom stereocenters. The Hall–Kier alpha value is -0.890. The van der Waals surface area contributed by atoms with Gasteiger partial charge in [0.25, 0.3) is 0 Å². The summed E-state index contributed by atoms with van der Waals surface area (Å²) in [6, 6.07) is 5.07. The van der Waals surface area contributed by atoms with E-state index in [2.05, 4.69) is 37.1 Å². The second kappa shape index (κ2) is 5.76. The zero-order chi connectivity index (χ0) is 10.4. The predicted octanol–water partition coefficient (Wildman–Crippen LogP) is 2.92. The second-order valence-electron chi connectivity index (χ2n) is 3.86. The van der Waals surface area contributed by atoms with Gasteiger partial charge in [-0.25, -0.2) is 0 Å². The molecule has 0 amide bonds. The minimum Gasteiger partial charge on any atom is -0.308 e. The van der Waals surface area contributed by atoms with Crippen molar-refractivity contribution in [3.05, 3.63) is 30.1 Å². The summed E-state index contributed by atoms with van der Waals surface area (Å²) >= 11 is 0. The molecule has 0 aromatic carbocycles. The van der Waals surface area contributed by atoms with Gasteiger partial charge in [-0.3, -0.25) is 4.98 Å². The maximum Gasteiger partial charge on any atom is 0.0315 e. The molecule has 1 heterocycles. The molecule has 0 saturated heterocycles. The number of aromatic nitrogens is 1. The summed E-state index contributed by atoms with van der Waals surface area (Å²) in [4.78, 5) is 4.12. The molecule has 1 aromatic heterocycles. The molecule has 0 aliphatic heterocycles. The molecule has 1 N–H and O–H groups in total. The lowest BCUT2D eigenvalue weighted by atomic mass is 10.1. The zero-order valence-corrected chi connectivity index (χ0v) is 9.33. The SMILES string of the molecule is CCCC(C)NC(C)c1cccnc1. The topological polar surface area (TPSA) is 24.9 Å². The van der Waals surface area contributed by atoms with Crippen LogP contribution in [0.5, 0.6) is 0 Å². The minimum absolute atomic E-state index is 0.394. The Bertz CT molecular complexity index is 246. The van der Waals surface area contributed by atoms with Crippen LogP contribution in [0.15, 0.2) is 24.5 Å². The normalized spacial score (nSPS) is 15.1. The van der Waals surface area contributed by atoms with E-state index in [0.29, 0.717) is 12.1 Å². The first-order chi connectivity index (χ1) is 6.74. The third-order valence-corrected chi connectivity index (χ3v) is 2.44. The van der Waals surface area contributed by atoms with Gasteiger partial charge in [0.05, 0.1) is 0 Å². The molecule has 0 aliphatic carbocycles. The zero-order valence-electron chi connectivity index (χ0n) is 9.33. The van der Waals surface area contributed by atoms with Crippen molar-refractivity contribution in [2.24, 2.45) is 0 Å². The monoisotopic (exact) mass is 192 g/mol. The second-order valence-corrected chi connectivity index (χ2v) is 3.86. The van der Waals surface area contributed by atoms with Crippen molar-refractivity contribution < 1.29 is 0 Å². The molecular weight excluding hydrogens is 172 g/mol. The van der Waals surface area contributed by atoms with Gasteiger partial charge in [0, 0.05) is 24.5 Å². The van der Waals surface area contributed by atoms with Gasteiger partial charge in [-0.2, -0.15) is 0 Å². The van der Waals surface area contributed by atoms with E-state index in [9.17, 15) is 0 Å². The van der Waals surface area contributed by atoms with Crippen LogP contribution in [0.4, 0.5) is 0 Å². The Balaban J connectivity index is 2.46. The van der Waals surface area contributed by atoms with Crippen molar-refractivity contribution in [3.63, 3.8) is 0 Å². The van der Waals surface area contributed by atoms with E-state index in [1.54, 1.807) is 0 Å². The van der Waals surface area contributed by atoms with Gasteiger partial charge in [0.1, 0.15) is 0 Å². The summed E-state index contributed by atoms with van der Waals surface area (Å²) in [7, 11) is 0. The molecule has 0 aliphatic rings. The van der Waals surface area contributed by atoms with Crippen LogP contribution in [0.25, 0.3) is 0 Å². The van der Waals surface area contributed by atoms with Gasteiger partial charge in [-0.15, -0.1) is 0 Å². The summed E-state index contributed by atoms with van der Waals surface area (Å²) in [6.07, 6.45) is 6.19. The van der Waals surface area contributed by atoms with E-state index in [1.807, 2.05) is 18.5 Å². The van der Waals surface area contributed by atoms with Crippen molar-refractivity contribution in [1.29, 1.82) is 0 Å². The highest BCUT2D eigenvalue weighted by atomic mass is 14.9. The molecule has 2 nitrogen and oxygen atoms in total. The smallest absolute Gasteiger partial charge is 0.0315 e. The highest BCUT2D eigenvalue weighted by Crippen LogP contribution is 2.11. The third kappa shape index (κ3) is 3.46. The summed E-state index contributed by atoms with van der Waals surface area (Å²) < 4.78 is 0. The molecule has 1 rings (SSSR count). The molecule has 0 bridgehead atoms.